The molecule has 1 aliphatic rings. The fourth-order valence-corrected chi connectivity index (χ4v) is 2.91. The predicted octanol–water partition coefficient (Wildman–Crippen LogP) is 3.13. The largest absolute Gasteiger partial charge is 0.336 e. The van der Waals surface area contributed by atoms with Crippen LogP contribution in [0, 0.1) is 17.2 Å². The van der Waals surface area contributed by atoms with Crippen molar-refractivity contribution in [1.82, 2.24) is 9.88 Å². The summed E-state index contributed by atoms with van der Waals surface area (Å²) < 4.78 is 0. The molecule has 0 unspecified atom stereocenters. The van der Waals surface area contributed by atoms with Gasteiger partial charge in [-0.05, 0) is 30.0 Å². The second kappa shape index (κ2) is 7.06. The highest BCUT2D eigenvalue weighted by atomic mass is 16.2. The van der Waals surface area contributed by atoms with Crippen LogP contribution in [0.5, 0.6) is 0 Å². The Kier molecular flexibility index (Phi) is 4.68. The molecular formula is C19H19N3O. The second-order valence-corrected chi connectivity index (χ2v) is 5.85. The van der Waals surface area contributed by atoms with Gasteiger partial charge in [0, 0.05) is 18.7 Å². The maximum Gasteiger partial charge on any atom is 0.226 e. The molecule has 1 aromatic heterocycles. The molecule has 0 bridgehead atoms. The molecule has 23 heavy (non-hydrogen) atoms. The average Bonchev–Trinajstić information content (AvgIpc) is 3.40. The lowest BCUT2D eigenvalue weighted by atomic mass is 10.1. The van der Waals surface area contributed by atoms with Crippen LogP contribution >= 0.6 is 0 Å². The summed E-state index contributed by atoms with van der Waals surface area (Å²) in [6.07, 6.45) is 2.97. The van der Waals surface area contributed by atoms with Crippen molar-refractivity contribution in [2.24, 2.45) is 5.92 Å². The van der Waals surface area contributed by atoms with Gasteiger partial charge in [-0.2, -0.15) is 5.26 Å². The highest BCUT2D eigenvalue weighted by Crippen LogP contribution is 2.48. The van der Waals surface area contributed by atoms with E-state index in [1.165, 1.54) is 5.56 Å². The number of carbonyl (C=O) groups excluding carboxylic acids is 1. The van der Waals surface area contributed by atoms with Crippen molar-refractivity contribution in [2.45, 2.75) is 25.3 Å². The van der Waals surface area contributed by atoms with Gasteiger partial charge in [-0.25, -0.2) is 0 Å². The van der Waals surface area contributed by atoms with Crippen LogP contribution in [0.25, 0.3) is 0 Å². The molecule has 3 rings (SSSR count). The normalized spacial score (nSPS) is 18.9. The van der Waals surface area contributed by atoms with Crippen molar-refractivity contribution in [3.63, 3.8) is 0 Å². The van der Waals surface area contributed by atoms with Gasteiger partial charge in [0.15, 0.2) is 0 Å². The first kappa shape index (κ1) is 15.2. The van der Waals surface area contributed by atoms with E-state index in [0.29, 0.717) is 25.4 Å². The Balaban J connectivity index is 1.68. The third kappa shape index (κ3) is 3.75. The minimum absolute atomic E-state index is 0.0415. The van der Waals surface area contributed by atoms with Crippen LogP contribution in [0.2, 0.25) is 0 Å². The van der Waals surface area contributed by atoms with E-state index in [0.717, 1.165) is 12.1 Å². The van der Waals surface area contributed by atoms with Crippen LogP contribution in [0.4, 0.5) is 0 Å². The number of benzene rings is 1. The second-order valence-electron chi connectivity index (χ2n) is 5.85. The number of nitrogens with zero attached hydrogens (tertiary/aromatic N) is 3. The molecule has 0 radical (unpaired) electrons. The maximum absolute atomic E-state index is 12.8. The van der Waals surface area contributed by atoms with Gasteiger partial charge >= 0.3 is 0 Å². The van der Waals surface area contributed by atoms with Gasteiger partial charge < -0.3 is 4.90 Å². The number of aromatic nitrogens is 1. The van der Waals surface area contributed by atoms with Gasteiger partial charge in [-0.15, -0.1) is 0 Å². The molecule has 0 N–H and O–H groups in total. The molecule has 1 fully saturated rings. The molecule has 1 aromatic carbocycles. The van der Waals surface area contributed by atoms with Crippen LogP contribution in [0.1, 0.15) is 30.0 Å². The SMILES string of the molecule is N#CCCN(Cc1ccccn1)C(=O)[C@@H]1C[C@H]1c1ccccc1. The monoisotopic (exact) mass is 305 g/mol. The fourth-order valence-electron chi connectivity index (χ4n) is 2.91. The Morgan fingerprint density at radius 3 is 2.70 bits per heavy atom. The zero-order valence-electron chi connectivity index (χ0n) is 12.9. The van der Waals surface area contributed by atoms with E-state index < -0.39 is 0 Å². The van der Waals surface area contributed by atoms with Crippen molar-refractivity contribution in [3.05, 3.63) is 66.0 Å². The van der Waals surface area contributed by atoms with Gasteiger partial charge in [0.1, 0.15) is 0 Å². The molecule has 2 aromatic rings. The minimum atomic E-state index is 0.0415. The quantitative estimate of drug-likeness (QED) is 0.824. The summed E-state index contributed by atoms with van der Waals surface area (Å²) >= 11 is 0. The van der Waals surface area contributed by atoms with E-state index in [1.54, 1.807) is 11.1 Å². The number of nitriles is 1. The van der Waals surface area contributed by atoms with E-state index in [1.807, 2.05) is 36.4 Å². The first-order chi connectivity index (χ1) is 11.3. The van der Waals surface area contributed by atoms with Crippen molar-refractivity contribution in [2.75, 3.05) is 6.54 Å². The van der Waals surface area contributed by atoms with Crippen molar-refractivity contribution in [1.29, 1.82) is 5.26 Å². The number of rotatable bonds is 6. The van der Waals surface area contributed by atoms with Gasteiger partial charge in [-0.1, -0.05) is 36.4 Å². The highest BCUT2D eigenvalue weighted by molar-refractivity contribution is 5.83. The third-order valence-corrected chi connectivity index (χ3v) is 4.22. The van der Waals surface area contributed by atoms with Crippen molar-refractivity contribution >= 4 is 5.91 Å². The standard InChI is InChI=1S/C19H19N3O/c20-10-6-12-22(14-16-9-4-5-11-21-16)19(23)18-13-17(18)15-7-2-1-3-8-15/h1-5,7-9,11,17-18H,6,12-14H2/t17-,18+/m0/s1. The molecule has 4 heteroatoms. The molecule has 0 saturated heterocycles. The topological polar surface area (TPSA) is 57.0 Å². The molecule has 2 atom stereocenters. The molecule has 116 valence electrons. The van der Waals surface area contributed by atoms with Gasteiger partial charge in [0.2, 0.25) is 5.91 Å². The summed E-state index contributed by atoms with van der Waals surface area (Å²) in [5.41, 5.74) is 2.08. The average molecular weight is 305 g/mol. The highest BCUT2D eigenvalue weighted by Gasteiger charge is 2.45. The van der Waals surface area contributed by atoms with Crippen LogP contribution in [0.3, 0.4) is 0 Å². The molecule has 1 amide bonds. The van der Waals surface area contributed by atoms with E-state index in [4.69, 9.17) is 5.26 Å². The smallest absolute Gasteiger partial charge is 0.226 e. The van der Waals surface area contributed by atoms with Gasteiger partial charge in [-0.3, -0.25) is 9.78 Å². The zero-order chi connectivity index (χ0) is 16.1. The molecule has 4 nitrogen and oxygen atoms in total. The molecule has 0 spiro atoms. The lowest BCUT2D eigenvalue weighted by molar-refractivity contribution is -0.133. The summed E-state index contributed by atoms with van der Waals surface area (Å²) in [6.45, 7) is 0.934. The molecule has 0 aliphatic heterocycles. The number of hydrogen-bond donors (Lipinski definition) is 0. The number of pyridine rings is 1. The predicted molar refractivity (Wildman–Crippen MR) is 87.2 cm³/mol. The summed E-state index contributed by atoms with van der Waals surface area (Å²) in [6, 6.07) is 18.0. The fraction of sp³-hybridized carbons (Fsp3) is 0.316. The van der Waals surface area contributed by atoms with Crippen molar-refractivity contribution in [3.8, 4) is 6.07 Å². The number of carbonyl (C=O) groups is 1. The lowest BCUT2D eigenvalue weighted by Gasteiger charge is -2.21. The Hall–Kier alpha value is -2.67. The number of hydrogen-bond acceptors (Lipinski definition) is 3. The first-order valence-corrected chi connectivity index (χ1v) is 7.90. The lowest BCUT2D eigenvalue weighted by Crippen LogP contribution is -2.33. The molecule has 1 aliphatic carbocycles. The minimum Gasteiger partial charge on any atom is -0.336 e. The Morgan fingerprint density at radius 1 is 1.22 bits per heavy atom. The van der Waals surface area contributed by atoms with E-state index in [-0.39, 0.29) is 11.8 Å². The van der Waals surface area contributed by atoms with Crippen LogP contribution in [-0.2, 0) is 11.3 Å². The summed E-state index contributed by atoms with van der Waals surface area (Å²) in [4.78, 5) is 18.9. The van der Waals surface area contributed by atoms with E-state index in [9.17, 15) is 4.79 Å². The van der Waals surface area contributed by atoms with E-state index >= 15 is 0 Å². The van der Waals surface area contributed by atoms with Crippen molar-refractivity contribution < 1.29 is 4.79 Å². The summed E-state index contributed by atoms with van der Waals surface area (Å²) in [7, 11) is 0. The molecule has 1 heterocycles. The maximum atomic E-state index is 12.8. The van der Waals surface area contributed by atoms with Gasteiger partial charge in [0.25, 0.3) is 0 Å². The summed E-state index contributed by atoms with van der Waals surface area (Å²) in [5.74, 6) is 0.497. The zero-order valence-corrected chi connectivity index (χ0v) is 12.9. The van der Waals surface area contributed by atoms with Crippen LogP contribution in [-0.4, -0.2) is 22.3 Å². The Bertz CT molecular complexity index is 694. The van der Waals surface area contributed by atoms with Gasteiger partial charge in [0.05, 0.1) is 24.7 Å². The molecular weight excluding hydrogens is 286 g/mol. The first-order valence-electron chi connectivity index (χ1n) is 7.90. The molecule has 1 saturated carbocycles. The van der Waals surface area contributed by atoms with Crippen LogP contribution in [0.15, 0.2) is 54.7 Å². The van der Waals surface area contributed by atoms with E-state index in [2.05, 4.69) is 23.2 Å². The Labute approximate surface area is 136 Å². The van der Waals surface area contributed by atoms with Crippen LogP contribution < -0.4 is 0 Å². The number of amides is 1. The third-order valence-electron chi connectivity index (χ3n) is 4.22. The Morgan fingerprint density at radius 2 is 2.00 bits per heavy atom. The summed E-state index contributed by atoms with van der Waals surface area (Å²) in [5, 5.41) is 8.84.